The van der Waals surface area contributed by atoms with Crippen molar-refractivity contribution in [1.29, 1.82) is 0 Å². The van der Waals surface area contributed by atoms with E-state index in [2.05, 4.69) is 15.4 Å². The number of nitrogens with one attached hydrogen (secondary N) is 1. The highest BCUT2D eigenvalue weighted by Crippen LogP contribution is 2.33. The van der Waals surface area contributed by atoms with Crippen molar-refractivity contribution in [1.82, 2.24) is 19.5 Å². The van der Waals surface area contributed by atoms with E-state index < -0.39 is 11.6 Å². The highest BCUT2D eigenvalue weighted by atomic mass is 16.6. The van der Waals surface area contributed by atoms with Crippen molar-refractivity contribution in [3.63, 3.8) is 0 Å². The van der Waals surface area contributed by atoms with Gasteiger partial charge in [-0.3, -0.25) is 9.69 Å². The predicted molar refractivity (Wildman–Crippen MR) is 98.8 cm³/mol. The molecule has 2 aromatic heterocycles. The number of amides is 1. The van der Waals surface area contributed by atoms with E-state index in [9.17, 15) is 9.59 Å². The molecule has 3 rings (SSSR count). The molecular weight excluding hydrogens is 350 g/mol. The lowest BCUT2D eigenvalue weighted by Crippen LogP contribution is -2.36. The molecule has 0 radical (unpaired) electrons. The van der Waals surface area contributed by atoms with Gasteiger partial charge in [0, 0.05) is 24.4 Å². The maximum Gasteiger partial charge on any atom is 0.410 e. The fourth-order valence-corrected chi connectivity index (χ4v) is 3.19. The van der Waals surface area contributed by atoms with Gasteiger partial charge in [-0.1, -0.05) is 0 Å². The summed E-state index contributed by atoms with van der Waals surface area (Å²) in [5.41, 5.74) is 1.51. The quantitative estimate of drug-likeness (QED) is 0.845. The number of aryl methyl sites for hydroxylation is 1. The van der Waals surface area contributed by atoms with E-state index >= 15 is 0 Å². The monoisotopic (exact) mass is 375 g/mol. The van der Waals surface area contributed by atoms with Crippen LogP contribution in [0.25, 0.3) is 5.65 Å². The van der Waals surface area contributed by atoms with Crippen LogP contribution < -0.4 is 5.32 Å². The minimum absolute atomic E-state index is 0.186. The SMILES string of the molecule is Cc1cc(NCC(=O)O)n2nc(C3CCCN3C(=O)OC(C)(C)C)cc2n1. The molecule has 3 heterocycles. The van der Waals surface area contributed by atoms with Gasteiger partial charge in [-0.05, 0) is 40.5 Å². The van der Waals surface area contributed by atoms with Crippen LogP contribution in [0.15, 0.2) is 12.1 Å². The largest absolute Gasteiger partial charge is 0.480 e. The summed E-state index contributed by atoms with van der Waals surface area (Å²) in [5.74, 6) is -0.412. The number of rotatable bonds is 4. The summed E-state index contributed by atoms with van der Waals surface area (Å²) < 4.78 is 7.09. The summed E-state index contributed by atoms with van der Waals surface area (Å²) in [5, 5.41) is 16.4. The van der Waals surface area contributed by atoms with Crippen molar-refractivity contribution in [2.45, 2.75) is 52.2 Å². The molecule has 0 saturated carbocycles. The molecule has 27 heavy (non-hydrogen) atoms. The zero-order chi connectivity index (χ0) is 19.8. The second-order valence-electron chi connectivity index (χ2n) is 7.70. The van der Waals surface area contributed by atoms with Gasteiger partial charge >= 0.3 is 12.1 Å². The number of carboxylic acid groups (broad SMARTS) is 1. The van der Waals surface area contributed by atoms with Gasteiger partial charge in [-0.25, -0.2) is 9.78 Å². The Morgan fingerprint density at radius 1 is 1.37 bits per heavy atom. The fourth-order valence-electron chi connectivity index (χ4n) is 3.19. The number of nitrogens with zero attached hydrogens (tertiary/aromatic N) is 4. The minimum Gasteiger partial charge on any atom is -0.480 e. The predicted octanol–water partition coefficient (Wildman–Crippen LogP) is 2.61. The van der Waals surface area contributed by atoms with Crippen LogP contribution in [0.4, 0.5) is 10.6 Å². The van der Waals surface area contributed by atoms with Crippen LogP contribution in [0.3, 0.4) is 0 Å². The van der Waals surface area contributed by atoms with E-state index in [1.54, 1.807) is 15.5 Å². The number of carbonyl (C=O) groups is 2. The summed E-state index contributed by atoms with van der Waals surface area (Å²) >= 11 is 0. The molecule has 9 nitrogen and oxygen atoms in total. The first-order chi connectivity index (χ1) is 12.6. The topological polar surface area (TPSA) is 109 Å². The molecule has 1 unspecified atom stereocenters. The highest BCUT2D eigenvalue weighted by molar-refractivity contribution is 5.72. The summed E-state index contributed by atoms with van der Waals surface area (Å²) in [4.78, 5) is 29.6. The number of hydrogen-bond acceptors (Lipinski definition) is 6. The van der Waals surface area contributed by atoms with Gasteiger partial charge < -0.3 is 15.2 Å². The van der Waals surface area contributed by atoms with Crippen molar-refractivity contribution >= 4 is 23.5 Å². The van der Waals surface area contributed by atoms with Crippen LogP contribution >= 0.6 is 0 Å². The molecule has 1 fully saturated rings. The Kier molecular flexibility index (Phi) is 4.95. The zero-order valence-electron chi connectivity index (χ0n) is 16.0. The van der Waals surface area contributed by atoms with E-state index in [4.69, 9.17) is 9.84 Å². The minimum atomic E-state index is -0.961. The average Bonchev–Trinajstić information content (AvgIpc) is 3.16. The zero-order valence-corrected chi connectivity index (χ0v) is 16.0. The molecule has 146 valence electrons. The second kappa shape index (κ2) is 7.05. The summed E-state index contributed by atoms with van der Waals surface area (Å²) in [7, 11) is 0. The number of hydrogen-bond donors (Lipinski definition) is 2. The summed E-state index contributed by atoms with van der Waals surface area (Å²) in [6.07, 6.45) is 1.31. The van der Waals surface area contributed by atoms with Crippen LogP contribution in [0, 0.1) is 6.92 Å². The van der Waals surface area contributed by atoms with Gasteiger partial charge in [-0.2, -0.15) is 9.61 Å². The van der Waals surface area contributed by atoms with Gasteiger partial charge in [0.05, 0.1) is 11.7 Å². The molecule has 2 N–H and O–H groups in total. The Hall–Kier alpha value is -2.84. The summed E-state index contributed by atoms with van der Waals surface area (Å²) in [6.45, 7) is 7.75. The van der Waals surface area contributed by atoms with Crippen molar-refractivity contribution in [2.75, 3.05) is 18.4 Å². The third kappa shape index (κ3) is 4.29. The number of aliphatic carboxylic acids is 1. The van der Waals surface area contributed by atoms with Crippen LogP contribution in [0.1, 0.15) is 51.0 Å². The number of carboxylic acids is 1. The van der Waals surface area contributed by atoms with Crippen molar-refractivity contribution in [2.24, 2.45) is 0 Å². The molecule has 0 spiro atoms. The lowest BCUT2D eigenvalue weighted by atomic mass is 10.1. The molecule has 0 aliphatic carbocycles. The van der Waals surface area contributed by atoms with Crippen molar-refractivity contribution in [3.8, 4) is 0 Å². The van der Waals surface area contributed by atoms with Crippen molar-refractivity contribution in [3.05, 3.63) is 23.5 Å². The molecule has 1 aliphatic rings. The van der Waals surface area contributed by atoms with E-state index in [0.29, 0.717) is 18.0 Å². The molecule has 1 aliphatic heterocycles. The normalized spacial score (nSPS) is 17.3. The first-order valence-electron chi connectivity index (χ1n) is 8.96. The Labute approximate surface area is 157 Å². The van der Waals surface area contributed by atoms with Gasteiger partial charge in [0.15, 0.2) is 5.65 Å². The molecular formula is C18H25N5O4. The number of aromatic nitrogens is 3. The third-order valence-corrected chi connectivity index (χ3v) is 4.22. The number of anilines is 1. The maximum atomic E-state index is 12.5. The van der Waals surface area contributed by atoms with Gasteiger partial charge in [-0.15, -0.1) is 0 Å². The van der Waals surface area contributed by atoms with E-state index in [1.807, 2.05) is 33.8 Å². The highest BCUT2D eigenvalue weighted by Gasteiger charge is 2.34. The molecule has 9 heteroatoms. The van der Waals surface area contributed by atoms with Crippen molar-refractivity contribution < 1.29 is 19.4 Å². The first-order valence-corrected chi connectivity index (χ1v) is 8.96. The Balaban J connectivity index is 1.91. The first kappa shape index (κ1) is 18.9. The number of fused-ring (bicyclic) bond motifs is 1. The van der Waals surface area contributed by atoms with Crippen LogP contribution in [0.2, 0.25) is 0 Å². The summed E-state index contributed by atoms with van der Waals surface area (Å²) in [6, 6.07) is 3.40. The molecule has 0 bridgehead atoms. The Morgan fingerprint density at radius 2 is 2.11 bits per heavy atom. The molecule has 1 amide bonds. The second-order valence-corrected chi connectivity index (χ2v) is 7.70. The lowest BCUT2D eigenvalue weighted by Gasteiger charge is -2.27. The van der Waals surface area contributed by atoms with Crippen LogP contribution in [-0.4, -0.2) is 55.4 Å². The fraction of sp³-hybridized carbons (Fsp3) is 0.556. The average molecular weight is 375 g/mol. The molecule has 1 atom stereocenters. The maximum absolute atomic E-state index is 12.5. The molecule has 2 aromatic rings. The van der Waals surface area contributed by atoms with E-state index in [-0.39, 0.29) is 18.7 Å². The molecule has 0 aromatic carbocycles. The Morgan fingerprint density at radius 3 is 2.78 bits per heavy atom. The number of ether oxygens (including phenoxy) is 1. The van der Waals surface area contributed by atoms with Gasteiger partial charge in [0.25, 0.3) is 0 Å². The lowest BCUT2D eigenvalue weighted by molar-refractivity contribution is -0.134. The van der Waals surface area contributed by atoms with E-state index in [0.717, 1.165) is 24.2 Å². The van der Waals surface area contributed by atoms with Crippen LogP contribution in [0.5, 0.6) is 0 Å². The van der Waals surface area contributed by atoms with Gasteiger partial charge in [0.1, 0.15) is 18.0 Å². The standard InChI is InChI=1S/C18H25N5O4/c1-11-8-14(19-10-16(24)25)23-15(20-11)9-12(21-23)13-6-5-7-22(13)17(26)27-18(2,3)4/h8-9,13,19H,5-7,10H2,1-4H3,(H,24,25). The smallest absolute Gasteiger partial charge is 0.410 e. The number of carbonyl (C=O) groups excluding carboxylic acids is 1. The van der Waals surface area contributed by atoms with E-state index in [1.165, 1.54) is 0 Å². The third-order valence-electron chi connectivity index (χ3n) is 4.22. The van der Waals surface area contributed by atoms with Crippen LogP contribution in [-0.2, 0) is 9.53 Å². The molecule has 1 saturated heterocycles. The Bertz CT molecular complexity index is 870. The number of likely N-dealkylation sites (tertiary alicyclic amines) is 1. The van der Waals surface area contributed by atoms with Gasteiger partial charge in [0.2, 0.25) is 0 Å².